The number of nitrogens with zero attached hydrogens (tertiary/aromatic N) is 3. The van der Waals surface area contributed by atoms with Crippen LogP contribution in [0.25, 0.3) is 5.69 Å². The number of hydrogen-bond donors (Lipinski definition) is 1. The number of anilines is 1. The smallest absolute Gasteiger partial charge is 0.352 e. The molecule has 3 aromatic carbocycles. The highest BCUT2D eigenvalue weighted by Gasteiger charge is 2.21. The van der Waals surface area contributed by atoms with Crippen molar-refractivity contribution in [3.05, 3.63) is 117 Å². The number of para-hydroxylation sites is 1. The zero-order chi connectivity index (χ0) is 23.4. The fourth-order valence-electron chi connectivity index (χ4n) is 3.22. The van der Waals surface area contributed by atoms with Gasteiger partial charge in [-0.3, -0.25) is 14.2 Å². The molecular formula is C24H19FN4O4. The Morgan fingerprint density at radius 3 is 2.39 bits per heavy atom. The van der Waals surface area contributed by atoms with Gasteiger partial charge in [0.2, 0.25) is 5.69 Å². The summed E-state index contributed by atoms with van der Waals surface area (Å²) in [6.45, 7) is -0.236. The Kier molecular flexibility index (Phi) is 6.12. The van der Waals surface area contributed by atoms with Crippen molar-refractivity contribution in [1.82, 2.24) is 14.3 Å². The molecule has 8 nitrogen and oxygen atoms in total. The molecule has 0 atom stereocenters. The molecule has 1 aromatic heterocycles. The normalized spacial score (nSPS) is 10.6. The van der Waals surface area contributed by atoms with Crippen LogP contribution < -0.4 is 21.3 Å². The summed E-state index contributed by atoms with van der Waals surface area (Å²) in [4.78, 5) is 39.2. The SMILES string of the molecule is COc1ccc(-n2nc(C(=O)Nc3ccccc3)c(=O)n(Cc3cccc(F)c3)c2=O)cc1. The van der Waals surface area contributed by atoms with E-state index in [4.69, 9.17) is 4.74 Å². The Morgan fingerprint density at radius 1 is 1.00 bits per heavy atom. The number of rotatable bonds is 6. The van der Waals surface area contributed by atoms with Crippen molar-refractivity contribution in [3.8, 4) is 11.4 Å². The minimum absolute atomic E-state index is 0.236. The van der Waals surface area contributed by atoms with Gasteiger partial charge in [-0.05, 0) is 54.1 Å². The van der Waals surface area contributed by atoms with E-state index in [1.165, 1.54) is 25.3 Å². The van der Waals surface area contributed by atoms with Crippen LogP contribution in [0.3, 0.4) is 0 Å². The van der Waals surface area contributed by atoms with Crippen LogP contribution in [0.15, 0.2) is 88.5 Å². The fraction of sp³-hybridized carbons (Fsp3) is 0.0833. The van der Waals surface area contributed by atoms with Gasteiger partial charge in [-0.2, -0.15) is 9.78 Å². The molecule has 0 saturated carbocycles. The van der Waals surface area contributed by atoms with Crippen molar-refractivity contribution < 1.29 is 13.9 Å². The molecule has 4 aromatic rings. The number of halogens is 1. The van der Waals surface area contributed by atoms with Gasteiger partial charge >= 0.3 is 5.69 Å². The quantitative estimate of drug-likeness (QED) is 0.492. The molecule has 1 N–H and O–H groups in total. The van der Waals surface area contributed by atoms with Gasteiger partial charge in [0.25, 0.3) is 11.5 Å². The lowest BCUT2D eigenvalue weighted by Crippen LogP contribution is -2.45. The Bertz CT molecular complexity index is 1410. The minimum Gasteiger partial charge on any atom is -0.497 e. The number of methoxy groups -OCH3 is 1. The van der Waals surface area contributed by atoms with Crippen LogP contribution in [-0.2, 0) is 6.54 Å². The summed E-state index contributed by atoms with van der Waals surface area (Å²) < 4.78 is 20.6. The predicted octanol–water partition coefficient (Wildman–Crippen LogP) is 2.84. The van der Waals surface area contributed by atoms with Gasteiger partial charge in [0.15, 0.2) is 0 Å². The van der Waals surface area contributed by atoms with Crippen LogP contribution in [0.1, 0.15) is 16.1 Å². The minimum atomic E-state index is -0.887. The summed E-state index contributed by atoms with van der Waals surface area (Å²) in [5.41, 5.74) is -0.972. The van der Waals surface area contributed by atoms with Gasteiger partial charge in [0.05, 0.1) is 19.3 Å². The second kappa shape index (κ2) is 9.31. The second-order valence-electron chi connectivity index (χ2n) is 7.08. The highest BCUT2D eigenvalue weighted by Crippen LogP contribution is 2.13. The first-order valence-corrected chi connectivity index (χ1v) is 9.95. The van der Waals surface area contributed by atoms with Crippen LogP contribution >= 0.6 is 0 Å². The summed E-state index contributed by atoms with van der Waals surface area (Å²) in [6.07, 6.45) is 0. The maximum absolute atomic E-state index is 13.7. The number of benzene rings is 3. The third-order valence-electron chi connectivity index (χ3n) is 4.85. The second-order valence-corrected chi connectivity index (χ2v) is 7.08. The summed E-state index contributed by atoms with van der Waals surface area (Å²) in [5.74, 6) is -0.726. The largest absolute Gasteiger partial charge is 0.497 e. The topological polar surface area (TPSA) is 95.2 Å². The average molecular weight is 446 g/mol. The number of hydrogen-bond acceptors (Lipinski definition) is 5. The lowest BCUT2D eigenvalue weighted by molar-refractivity contribution is 0.101. The summed E-state index contributed by atoms with van der Waals surface area (Å²) in [5, 5.41) is 6.66. The van der Waals surface area contributed by atoms with Crippen LogP contribution in [-0.4, -0.2) is 27.4 Å². The van der Waals surface area contributed by atoms with Gasteiger partial charge in [0, 0.05) is 5.69 Å². The van der Waals surface area contributed by atoms with E-state index in [1.54, 1.807) is 60.7 Å². The van der Waals surface area contributed by atoms with E-state index in [2.05, 4.69) is 10.4 Å². The molecule has 0 bridgehead atoms. The molecule has 9 heteroatoms. The molecule has 0 saturated heterocycles. The zero-order valence-electron chi connectivity index (χ0n) is 17.6. The zero-order valence-corrected chi connectivity index (χ0v) is 17.6. The molecule has 0 aliphatic heterocycles. The molecule has 0 unspecified atom stereocenters. The fourth-order valence-corrected chi connectivity index (χ4v) is 3.22. The first kappa shape index (κ1) is 21.7. The first-order valence-electron chi connectivity index (χ1n) is 9.95. The van der Waals surface area contributed by atoms with E-state index in [1.807, 2.05) is 0 Å². The standard InChI is InChI=1S/C24H19FN4O4/c1-33-20-12-10-19(11-13-20)29-24(32)28(15-16-6-5-7-17(25)14-16)23(31)21(27-29)22(30)26-18-8-3-2-4-9-18/h2-14H,15H2,1H3,(H,26,30). The van der Waals surface area contributed by atoms with E-state index >= 15 is 0 Å². The van der Waals surface area contributed by atoms with Gasteiger partial charge in [0.1, 0.15) is 11.6 Å². The van der Waals surface area contributed by atoms with E-state index in [-0.39, 0.29) is 6.54 Å². The summed E-state index contributed by atoms with van der Waals surface area (Å²) in [6, 6.07) is 20.5. The number of amides is 1. The van der Waals surface area contributed by atoms with E-state index < -0.39 is 28.7 Å². The Morgan fingerprint density at radius 2 is 1.73 bits per heavy atom. The summed E-state index contributed by atoms with van der Waals surface area (Å²) >= 11 is 0. The predicted molar refractivity (Wildman–Crippen MR) is 121 cm³/mol. The molecule has 166 valence electrons. The molecule has 4 rings (SSSR count). The summed E-state index contributed by atoms with van der Waals surface area (Å²) in [7, 11) is 1.50. The molecule has 1 amide bonds. The third-order valence-corrected chi connectivity index (χ3v) is 4.85. The van der Waals surface area contributed by atoms with Crippen molar-refractivity contribution in [2.75, 3.05) is 12.4 Å². The van der Waals surface area contributed by atoms with Crippen LogP contribution in [0.5, 0.6) is 5.75 Å². The number of aromatic nitrogens is 3. The molecule has 0 spiro atoms. The van der Waals surface area contributed by atoms with Crippen molar-refractivity contribution in [1.29, 1.82) is 0 Å². The van der Waals surface area contributed by atoms with Gasteiger partial charge in [-0.15, -0.1) is 0 Å². The maximum atomic E-state index is 13.7. The van der Waals surface area contributed by atoms with Crippen LogP contribution in [0.4, 0.5) is 10.1 Å². The Labute approximate surface area is 187 Å². The monoisotopic (exact) mass is 446 g/mol. The molecular weight excluding hydrogens is 427 g/mol. The molecule has 0 aliphatic carbocycles. The lowest BCUT2D eigenvalue weighted by atomic mass is 10.2. The first-order chi connectivity index (χ1) is 16.0. The van der Waals surface area contributed by atoms with Gasteiger partial charge in [-0.1, -0.05) is 30.3 Å². The number of ether oxygens (including phenoxy) is 1. The molecule has 33 heavy (non-hydrogen) atoms. The van der Waals surface area contributed by atoms with E-state index in [0.29, 0.717) is 22.7 Å². The van der Waals surface area contributed by atoms with Crippen molar-refractivity contribution in [2.45, 2.75) is 6.54 Å². The highest BCUT2D eigenvalue weighted by molar-refractivity contribution is 6.02. The van der Waals surface area contributed by atoms with Crippen LogP contribution in [0, 0.1) is 5.82 Å². The van der Waals surface area contributed by atoms with Crippen molar-refractivity contribution in [3.63, 3.8) is 0 Å². The maximum Gasteiger partial charge on any atom is 0.352 e. The molecule has 0 aliphatic rings. The van der Waals surface area contributed by atoms with Crippen molar-refractivity contribution in [2.24, 2.45) is 0 Å². The number of nitrogens with one attached hydrogen (secondary N) is 1. The third kappa shape index (κ3) is 4.72. The average Bonchev–Trinajstić information content (AvgIpc) is 2.82. The Hall–Kier alpha value is -4.53. The molecule has 1 heterocycles. The highest BCUT2D eigenvalue weighted by atomic mass is 19.1. The Balaban J connectivity index is 1.85. The number of carbonyl (C=O) groups excluding carboxylic acids is 1. The van der Waals surface area contributed by atoms with E-state index in [0.717, 1.165) is 9.25 Å². The van der Waals surface area contributed by atoms with E-state index in [9.17, 15) is 18.8 Å². The molecule has 0 radical (unpaired) electrons. The lowest BCUT2D eigenvalue weighted by Gasteiger charge is -2.13. The number of carbonyl (C=O) groups is 1. The van der Waals surface area contributed by atoms with Crippen molar-refractivity contribution >= 4 is 11.6 Å². The van der Waals surface area contributed by atoms with Crippen LogP contribution in [0.2, 0.25) is 0 Å². The molecule has 0 fully saturated rings. The van der Waals surface area contributed by atoms with Gasteiger partial charge < -0.3 is 10.1 Å². The van der Waals surface area contributed by atoms with Gasteiger partial charge in [-0.25, -0.2) is 9.18 Å².